The molecule has 0 radical (unpaired) electrons. The number of aliphatic hydroxyl groups is 1. The monoisotopic (exact) mass is 340 g/mol. The molecule has 3 N–H and O–H groups in total. The van der Waals surface area contributed by atoms with E-state index in [2.05, 4.69) is 15.7 Å². The summed E-state index contributed by atoms with van der Waals surface area (Å²) in [5.41, 5.74) is 2.41. The number of hydrogen-bond donors (Lipinski definition) is 3. The van der Waals surface area contributed by atoms with Gasteiger partial charge in [0.1, 0.15) is 5.82 Å². The Bertz CT molecular complexity index is 865. The number of aromatic nitrogens is 2. The van der Waals surface area contributed by atoms with Crippen LogP contribution in [0.4, 0.5) is 14.9 Å². The number of amides is 2. The van der Waals surface area contributed by atoms with Crippen LogP contribution >= 0.6 is 0 Å². The molecule has 0 saturated heterocycles. The van der Waals surface area contributed by atoms with Crippen LogP contribution in [0.25, 0.3) is 5.69 Å². The molecule has 3 aromatic rings. The lowest BCUT2D eigenvalue weighted by Gasteiger charge is -2.13. The second kappa shape index (κ2) is 7.59. The number of hydrogen-bond acceptors (Lipinski definition) is 3. The van der Waals surface area contributed by atoms with Gasteiger partial charge < -0.3 is 15.7 Å². The van der Waals surface area contributed by atoms with E-state index in [0.717, 1.165) is 11.1 Å². The molecule has 0 atom stereocenters. The lowest BCUT2D eigenvalue weighted by molar-refractivity contribution is 0.251. The fraction of sp³-hybridized carbons (Fsp3) is 0.111. The highest BCUT2D eigenvalue weighted by Gasteiger charge is 2.10. The first-order valence-electron chi connectivity index (χ1n) is 7.69. The highest BCUT2D eigenvalue weighted by atomic mass is 19.1. The van der Waals surface area contributed by atoms with Crippen LogP contribution in [0.3, 0.4) is 0 Å². The first-order chi connectivity index (χ1) is 12.2. The van der Waals surface area contributed by atoms with Crippen LogP contribution in [0.5, 0.6) is 0 Å². The summed E-state index contributed by atoms with van der Waals surface area (Å²) in [6.07, 6.45) is 3.30. The van der Waals surface area contributed by atoms with E-state index in [9.17, 15) is 14.3 Å². The van der Waals surface area contributed by atoms with Crippen molar-refractivity contribution in [1.29, 1.82) is 0 Å². The minimum atomic E-state index is -0.480. The van der Waals surface area contributed by atoms with Gasteiger partial charge in [-0.2, -0.15) is 5.10 Å². The smallest absolute Gasteiger partial charge is 0.319 e. The van der Waals surface area contributed by atoms with E-state index in [1.165, 1.54) is 16.8 Å². The van der Waals surface area contributed by atoms with Crippen molar-refractivity contribution in [2.45, 2.75) is 13.2 Å². The summed E-state index contributed by atoms with van der Waals surface area (Å²) in [6.45, 7) is 0.141. The number of urea groups is 1. The maximum absolute atomic E-state index is 13.6. The van der Waals surface area contributed by atoms with Gasteiger partial charge in [0.2, 0.25) is 0 Å². The van der Waals surface area contributed by atoms with Crippen molar-refractivity contribution < 1.29 is 14.3 Å². The Morgan fingerprint density at radius 2 is 1.96 bits per heavy atom. The molecular weight excluding hydrogens is 323 g/mol. The molecule has 0 unspecified atom stereocenters. The Balaban J connectivity index is 1.72. The first-order valence-corrected chi connectivity index (χ1v) is 7.69. The number of halogens is 1. The minimum absolute atomic E-state index is 0.104. The average Bonchev–Trinajstić information content (AvgIpc) is 3.14. The number of benzene rings is 2. The van der Waals surface area contributed by atoms with Crippen LogP contribution in [0, 0.1) is 5.82 Å². The van der Waals surface area contributed by atoms with Crippen molar-refractivity contribution in [3.05, 3.63) is 77.9 Å². The molecule has 0 aliphatic rings. The van der Waals surface area contributed by atoms with Crippen LogP contribution < -0.4 is 10.6 Å². The number of rotatable bonds is 5. The number of anilines is 1. The van der Waals surface area contributed by atoms with Crippen LogP contribution in [0.15, 0.2) is 60.9 Å². The van der Waals surface area contributed by atoms with Gasteiger partial charge in [-0.05, 0) is 35.4 Å². The second-order valence-electron chi connectivity index (χ2n) is 5.35. The fourth-order valence-corrected chi connectivity index (χ4v) is 2.45. The van der Waals surface area contributed by atoms with Gasteiger partial charge in [0.05, 0.1) is 18.0 Å². The largest absolute Gasteiger partial charge is 0.392 e. The van der Waals surface area contributed by atoms with Crippen molar-refractivity contribution in [3.8, 4) is 5.69 Å². The van der Waals surface area contributed by atoms with E-state index >= 15 is 0 Å². The number of aliphatic hydroxyl groups excluding tert-OH is 1. The fourth-order valence-electron chi connectivity index (χ4n) is 2.45. The number of nitrogens with one attached hydrogen (secondary N) is 2. The van der Waals surface area contributed by atoms with Gasteiger partial charge in [0.15, 0.2) is 0 Å². The Kier molecular flexibility index (Phi) is 5.06. The van der Waals surface area contributed by atoms with E-state index in [1.54, 1.807) is 30.6 Å². The highest BCUT2D eigenvalue weighted by molar-refractivity contribution is 5.91. The number of nitrogens with zero attached hydrogens (tertiary/aromatic N) is 2. The molecule has 0 fully saturated rings. The quantitative estimate of drug-likeness (QED) is 0.668. The van der Waals surface area contributed by atoms with Crippen molar-refractivity contribution >= 4 is 11.7 Å². The normalized spacial score (nSPS) is 10.5. The zero-order valence-electron chi connectivity index (χ0n) is 13.3. The summed E-state index contributed by atoms with van der Waals surface area (Å²) in [5.74, 6) is -0.461. The van der Waals surface area contributed by atoms with Crippen LogP contribution in [0.1, 0.15) is 11.1 Å². The predicted molar refractivity (Wildman–Crippen MR) is 91.7 cm³/mol. The molecule has 3 rings (SSSR count). The number of carbonyl (C=O) groups excluding carboxylic acids is 1. The van der Waals surface area contributed by atoms with E-state index in [0.29, 0.717) is 11.4 Å². The van der Waals surface area contributed by atoms with Gasteiger partial charge in [0.25, 0.3) is 0 Å². The summed E-state index contributed by atoms with van der Waals surface area (Å²) < 4.78 is 15.1. The van der Waals surface area contributed by atoms with Gasteiger partial charge in [-0.25, -0.2) is 13.9 Å². The third-order valence-corrected chi connectivity index (χ3v) is 3.69. The summed E-state index contributed by atoms with van der Waals surface area (Å²) in [4.78, 5) is 12.2. The zero-order chi connectivity index (χ0) is 17.6. The Morgan fingerprint density at radius 1 is 1.16 bits per heavy atom. The Hall–Kier alpha value is -3.19. The highest BCUT2D eigenvalue weighted by Crippen LogP contribution is 2.21. The molecule has 0 aliphatic carbocycles. The summed E-state index contributed by atoms with van der Waals surface area (Å²) in [5, 5.41) is 18.7. The standard InChI is InChI=1S/C18H17FN4O2/c19-15-6-7-17(23-9-3-8-21-23)16(10-15)22-18(25)20-11-13-4-1-2-5-14(13)12-24/h1-10,24H,11-12H2,(H2,20,22,25). The van der Waals surface area contributed by atoms with Crippen molar-refractivity contribution in [3.63, 3.8) is 0 Å². The SMILES string of the molecule is O=C(NCc1ccccc1CO)Nc1cc(F)ccc1-n1cccn1. The summed E-state index contributed by atoms with van der Waals surface area (Å²) >= 11 is 0. The third-order valence-electron chi connectivity index (χ3n) is 3.69. The molecule has 2 amide bonds. The Labute approximate surface area is 143 Å². The van der Waals surface area contributed by atoms with E-state index in [4.69, 9.17) is 0 Å². The van der Waals surface area contributed by atoms with E-state index < -0.39 is 11.8 Å². The van der Waals surface area contributed by atoms with Crippen LogP contribution in [-0.2, 0) is 13.2 Å². The van der Waals surface area contributed by atoms with Gasteiger partial charge in [-0.15, -0.1) is 0 Å². The molecule has 7 heteroatoms. The molecule has 0 saturated carbocycles. The minimum Gasteiger partial charge on any atom is -0.392 e. The molecule has 128 valence electrons. The topological polar surface area (TPSA) is 79.2 Å². The first kappa shape index (κ1) is 16.7. The zero-order valence-corrected chi connectivity index (χ0v) is 13.3. The predicted octanol–water partition coefficient (Wildman–Crippen LogP) is 2.83. The third kappa shape index (κ3) is 4.02. The van der Waals surface area contributed by atoms with Gasteiger partial charge in [-0.1, -0.05) is 24.3 Å². The van der Waals surface area contributed by atoms with Crippen LogP contribution in [-0.4, -0.2) is 20.9 Å². The molecule has 0 spiro atoms. The lowest BCUT2D eigenvalue weighted by Crippen LogP contribution is -2.29. The molecule has 6 nitrogen and oxygen atoms in total. The molecular formula is C18H17FN4O2. The summed E-state index contributed by atoms with van der Waals surface area (Å²) in [6, 6.07) is 12.6. The van der Waals surface area contributed by atoms with Crippen molar-refractivity contribution in [1.82, 2.24) is 15.1 Å². The maximum Gasteiger partial charge on any atom is 0.319 e. The summed E-state index contributed by atoms with van der Waals surface area (Å²) in [7, 11) is 0. The molecule has 1 heterocycles. The molecule has 25 heavy (non-hydrogen) atoms. The number of carbonyl (C=O) groups is 1. The van der Waals surface area contributed by atoms with Crippen molar-refractivity contribution in [2.24, 2.45) is 0 Å². The van der Waals surface area contributed by atoms with E-state index in [1.807, 2.05) is 18.2 Å². The van der Waals surface area contributed by atoms with Crippen molar-refractivity contribution in [2.75, 3.05) is 5.32 Å². The lowest BCUT2D eigenvalue weighted by atomic mass is 10.1. The molecule has 1 aromatic heterocycles. The van der Waals surface area contributed by atoms with Crippen LogP contribution in [0.2, 0.25) is 0 Å². The molecule has 0 bridgehead atoms. The second-order valence-corrected chi connectivity index (χ2v) is 5.35. The van der Waals surface area contributed by atoms with Gasteiger partial charge in [-0.3, -0.25) is 0 Å². The maximum atomic E-state index is 13.6. The van der Waals surface area contributed by atoms with E-state index in [-0.39, 0.29) is 13.2 Å². The average molecular weight is 340 g/mol. The Morgan fingerprint density at radius 3 is 2.68 bits per heavy atom. The molecule has 2 aromatic carbocycles. The van der Waals surface area contributed by atoms with Gasteiger partial charge in [0, 0.05) is 18.9 Å². The van der Waals surface area contributed by atoms with Gasteiger partial charge >= 0.3 is 6.03 Å². The molecule has 0 aliphatic heterocycles.